The molecule has 0 aliphatic rings. The largest absolute Gasteiger partial charge is 0.508 e. The highest BCUT2D eigenvalue weighted by atomic mass is 79.9. The first kappa shape index (κ1) is 11.1. The maximum atomic E-state index is 12.0. The van der Waals surface area contributed by atoms with E-state index in [4.69, 9.17) is 5.11 Å². The lowest BCUT2D eigenvalue weighted by molar-refractivity contribution is -0.0820. The fraction of sp³-hybridized carbons (Fsp3) is 0.111. The molecule has 14 heavy (non-hydrogen) atoms. The molecule has 0 spiro atoms. The molecule has 1 nitrogen and oxygen atoms in total. The Hall–Kier alpha value is -0.970. The molecule has 1 rings (SSSR count). The second-order valence-electron chi connectivity index (χ2n) is 2.58. The fourth-order valence-electron chi connectivity index (χ4n) is 0.799. The number of allylic oxidation sites excluding steroid dienone is 1. The molecule has 1 aromatic rings. The SMILES string of the molecule is Oc1ccc(/C=C(\Br)C(F)(F)F)cc1. The Labute approximate surface area is 87.0 Å². The summed E-state index contributed by atoms with van der Waals surface area (Å²) in [6, 6.07) is 5.43. The molecule has 0 aliphatic heterocycles. The Bertz CT molecular complexity index is 340. The molecule has 76 valence electrons. The van der Waals surface area contributed by atoms with Gasteiger partial charge in [0.2, 0.25) is 0 Å². The summed E-state index contributed by atoms with van der Waals surface area (Å²) in [5.41, 5.74) is 0.368. The van der Waals surface area contributed by atoms with Crippen molar-refractivity contribution in [3.05, 3.63) is 34.3 Å². The van der Waals surface area contributed by atoms with Crippen LogP contribution in [0.25, 0.3) is 6.08 Å². The number of phenols is 1. The van der Waals surface area contributed by atoms with Crippen molar-refractivity contribution in [1.82, 2.24) is 0 Å². The summed E-state index contributed by atoms with van der Waals surface area (Å²) in [4.78, 5) is 0. The van der Waals surface area contributed by atoms with E-state index in [1.54, 1.807) is 0 Å². The van der Waals surface area contributed by atoms with E-state index in [-0.39, 0.29) is 5.75 Å². The second-order valence-corrected chi connectivity index (χ2v) is 3.44. The third-order valence-electron chi connectivity index (χ3n) is 1.46. The summed E-state index contributed by atoms with van der Waals surface area (Å²) in [5.74, 6) is 0.0188. The first-order valence-corrected chi connectivity index (χ1v) is 4.42. The van der Waals surface area contributed by atoms with Gasteiger partial charge in [-0.05, 0) is 39.7 Å². The van der Waals surface area contributed by atoms with Crippen molar-refractivity contribution in [1.29, 1.82) is 0 Å². The molecule has 0 saturated carbocycles. The van der Waals surface area contributed by atoms with E-state index in [1.807, 2.05) is 0 Å². The zero-order valence-electron chi connectivity index (χ0n) is 6.85. The predicted molar refractivity (Wildman–Crippen MR) is 51.1 cm³/mol. The first-order valence-electron chi connectivity index (χ1n) is 3.63. The fourth-order valence-corrected chi connectivity index (χ4v) is 1.06. The van der Waals surface area contributed by atoms with Gasteiger partial charge in [0, 0.05) is 0 Å². The topological polar surface area (TPSA) is 20.2 Å². The van der Waals surface area contributed by atoms with Gasteiger partial charge < -0.3 is 5.11 Å². The van der Waals surface area contributed by atoms with Gasteiger partial charge in [-0.25, -0.2) is 0 Å². The lowest BCUT2D eigenvalue weighted by Crippen LogP contribution is -2.06. The number of hydrogen-bond donors (Lipinski definition) is 1. The summed E-state index contributed by atoms with van der Waals surface area (Å²) in [6.07, 6.45) is -3.43. The third-order valence-corrected chi connectivity index (χ3v) is 2.14. The van der Waals surface area contributed by atoms with Crippen LogP contribution in [-0.4, -0.2) is 11.3 Å². The van der Waals surface area contributed by atoms with Crippen LogP contribution in [-0.2, 0) is 0 Å². The zero-order valence-corrected chi connectivity index (χ0v) is 8.43. The zero-order chi connectivity index (χ0) is 10.8. The molecule has 1 aromatic carbocycles. The van der Waals surface area contributed by atoms with Crippen molar-refractivity contribution in [2.45, 2.75) is 6.18 Å². The van der Waals surface area contributed by atoms with E-state index in [0.29, 0.717) is 5.56 Å². The second kappa shape index (κ2) is 4.04. The van der Waals surface area contributed by atoms with Crippen molar-refractivity contribution in [2.75, 3.05) is 0 Å². The van der Waals surface area contributed by atoms with Crippen LogP contribution < -0.4 is 0 Å². The van der Waals surface area contributed by atoms with Gasteiger partial charge in [0.05, 0.1) is 4.48 Å². The highest BCUT2D eigenvalue weighted by molar-refractivity contribution is 9.11. The van der Waals surface area contributed by atoms with E-state index in [0.717, 1.165) is 6.08 Å². The average Bonchev–Trinajstić information content (AvgIpc) is 2.07. The smallest absolute Gasteiger partial charge is 0.422 e. The minimum Gasteiger partial charge on any atom is -0.508 e. The van der Waals surface area contributed by atoms with Gasteiger partial charge in [-0.15, -0.1) is 0 Å². The summed E-state index contributed by atoms with van der Waals surface area (Å²) in [5, 5.41) is 8.90. The number of alkyl halides is 3. The molecule has 0 aliphatic carbocycles. The molecular formula is C9H6BrF3O. The summed E-state index contributed by atoms with van der Waals surface area (Å²) in [6.45, 7) is 0. The molecule has 0 atom stereocenters. The first-order chi connectivity index (χ1) is 6.39. The van der Waals surface area contributed by atoms with Gasteiger partial charge in [0.15, 0.2) is 0 Å². The highest BCUT2D eigenvalue weighted by Gasteiger charge is 2.31. The van der Waals surface area contributed by atoms with Crippen LogP contribution in [0.4, 0.5) is 13.2 Å². The van der Waals surface area contributed by atoms with E-state index in [9.17, 15) is 13.2 Å². The Morgan fingerprint density at radius 3 is 2.14 bits per heavy atom. The molecular weight excluding hydrogens is 261 g/mol. The van der Waals surface area contributed by atoms with E-state index in [1.165, 1.54) is 24.3 Å². The van der Waals surface area contributed by atoms with Gasteiger partial charge in [0.1, 0.15) is 5.75 Å². The molecule has 0 fully saturated rings. The minimum absolute atomic E-state index is 0.0188. The Morgan fingerprint density at radius 1 is 1.21 bits per heavy atom. The monoisotopic (exact) mass is 266 g/mol. The molecule has 1 N–H and O–H groups in total. The van der Waals surface area contributed by atoms with Crippen LogP contribution in [0.5, 0.6) is 5.75 Å². The van der Waals surface area contributed by atoms with Gasteiger partial charge >= 0.3 is 6.18 Å². The molecule has 0 heterocycles. The molecule has 0 aromatic heterocycles. The maximum Gasteiger partial charge on any atom is 0.422 e. The van der Waals surface area contributed by atoms with Crippen LogP contribution in [0.15, 0.2) is 28.7 Å². The van der Waals surface area contributed by atoms with Crippen LogP contribution >= 0.6 is 15.9 Å². The van der Waals surface area contributed by atoms with E-state index < -0.39 is 10.7 Å². The van der Waals surface area contributed by atoms with Crippen molar-refractivity contribution in [3.63, 3.8) is 0 Å². The summed E-state index contributed by atoms with van der Waals surface area (Å²) < 4.78 is 35.3. The van der Waals surface area contributed by atoms with E-state index >= 15 is 0 Å². The van der Waals surface area contributed by atoms with Gasteiger partial charge in [-0.1, -0.05) is 12.1 Å². The van der Waals surface area contributed by atoms with Crippen LogP contribution in [0.2, 0.25) is 0 Å². The van der Waals surface area contributed by atoms with Crippen LogP contribution in [0.1, 0.15) is 5.56 Å². The van der Waals surface area contributed by atoms with Gasteiger partial charge in [-0.2, -0.15) is 13.2 Å². The van der Waals surface area contributed by atoms with E-state index in [2.05, 4.69) is 15.9 Å². The number of aromatic hydroxyl groups is 1. The Kier molecular flexibility index (Phi) is 3.21. The molecule has 0 unspecified atom stereocenters. The molecule has 0 radical (unpaired) electrons. The van der Waals surface area contributed by atoms with Crippen molar-refractivity contribution in [3.8, 4) is 5.75 Å². The van der Waals surface area contributed by atoms with Crippen LogP contribution in [0.3, 0.4) is 0 Å². The standard InChI is InChI=1S/C9H6BrF3O/c10-8(9(11,12)13)5-6-1-3-7(14)4-2-6/h1-5,14H/b8-5-. The van der Waals surface area contributed by atoms with Crippen molar-refractivity contribution >= 4 is 22.0 Å². The lowest BCUT2D eigenvalue weighted by atomic mass is 10.2. The Balaban J connectivity index is 2.93. The third kappa shape index (κ3) is 3.06. The number of halogens is 4. The predicted octanol–water partition coefficient (Wildman–Crippen LogP) is 3.69. The molecule has 5 heteroatoms. The average molecular weight is 267 g/mol. The quantitative estimate of drug-likeness (QED) is 0.822. The summed E-state index contributed by atoms with van der Waals surface area (Å²) in [7, 11) is 0. The summed E-state index contributed by atoms with van der Waals surface area (Å²) >= 11 is 2.43. The Morgan fingerprint density at radius 2 is 1.71 bits per heavy atom. The molecule has 0 bridgehead atoms. The van der Waals surface area contributed by atoms with Crippen molar-refractivity contribution in [2.24, 2.45) is 0 Å². The van der Waals surface area contributed by atoms with Gasteiger partial charge in [-0.3, -0.25) is 0 Å². The highest BCUT2D eigenvalue weighted by Crippen LogP contribution is 2.31. The number of phenolic OH excluding ortho intramolecular Hbond substituents is 1. The maximum absolute atomic E-state index is 12.0. The van der Waals surface area contributed by atoms with Gasteiger partial charge in [0.25, 0.3) is 0 Å². The van der Waals surface area contributed by atoms with Crippen molar-refractivity contribution < 1.29 is 18.3 Å². The lowest BCUT2D eigenvalue weighted by Gasteiger charge is -2.04. The number of hydrogen-bond acceptors (Lipinski definition) is 1. The van der Waals surface area contributed by atoms with Crippen LogP contribution in [0, 0.1) is 0 Å². The number of benzene rings is 1. The molecule has 0 amide bonds. The molecule has 0 saturated heterocycles. The number of rotatable bonds is 1. The minimum atomic E-state index is -4.38. The normalized spacial score (nSPS) is 13.0.